The van der Waals surface area contributed by atoms with Gasteiger partial charge in [0, 0.05) is 23.9 Å². The Kier molecular flexibility index (Phi) is 3.81. The lowest BCUT2D eigenvalue weighted by Crippen LogP contribution is -2.51. The van der Waals surface area contributed by atoms with Crippen LogP contribution in [0.15, 0.2) is 36.7 Å². The van der Waals surface area contributed by atoms with Crippen LogP contribution in [-0.2, 0) is 11.8 Å². The van der Waals surface area contributed by atoms with Crippen molar-refractivity contribution < 1.29 is 0 Å². The van der Waals surface area contributed by atoms with E-state index < -0.39 is 0 Å². The molecule has 1 aromatic carbocycles. The molecule has 3 rings (SSSR count). The molecule has 112 valence electrons. The monoisotopic (exact) mass is 284 g/mol. The average Bonchev–Trinajstić information content (AvgIpc) is 2.87. The number of hydrogen-bond donors (Lipinski definition) is 1. The lowest BCUT2D eigenvalue weighted by Gasteiger charge is -2.47. The third-order valence-electron chi connectivity index (χ3n) is 4.84. The molecular weight excluding hydrogens is 260 g/mol. The number of rotatable bonds is 5. The van der Waals surface area contributed by atoms with Crippen molar-refractivity contribution in [3.63, 3.8) is 0 Å². The molecule has 0 radical (unpaired) electrons. The van der Waals surface area contributed by atoms with E-state index in [9.17, 15) is 0 Å². The first-order chi connectivity index (χ1) is 10.1. The van der Waals surface area contributed by atoms with Gasteiger partial charge in [0.05, 0.1) is 0 Å². The largest absolute Gasteiger partial charge is 0.326 e. The second-order valence-corrected chi connectivity index (χ2v) is 6.40. The van der Waals surface area contributed by atoms with E-state index in [-0.39, 0.29) is 11.5 Å². The number of hydrogen-bond acceptors (Lipinski definition) is 3. The van der Waals surface area contributed by atoms with Crippen LogP contribution in [0.2, 0.25) is 0 Å². The molecule has 1 aliphatic rings. The van der Waals surface area contributed by atoms with Gasteiger partial charge in [-0.15, -0.1) is 0 Å². The van der Waals surface area contributed by atoms with Crippen molar-refractivity contribution in [1.82, 2.24) is 14.8 Å². The Morgan fingerprint density at radius 2 is 1.95 bits per heavy atom. The Morgan fingerprint density at radius 1 is 1.24 bits per heavy atom. The first kappa shape index (κ1) is 14.3. The van der Waals surface area contributed by atoms with Gasteiger partial charge in [-0.1, -0.05) is 36.8 Å². The fraction of sp³-hybridized carbons (Fsp3) is 0.529. The van der Waals surface area contributed by atoms with Crippen molar-refractivity contribution in [2.75, 3.05) is 0 Å². The second-order valence-electron chi connectivity index (χ2n) is 6.40. The van der Waals surface area contributed by atoms with Gasteiger partial charge in [-0.3, -0.25) is 0 Å². The van der Waals surface area contributed by atoms with E-state index in [1.165, 1.54) is 24.8 Å². The van der Waals surface area contributed by atoms with Gasteiger partial charge >= 0.3 is 0 Å². The molecule has 1 heterocycles. The quantitative estimate of drug-likeness (QED) is 0.918. The SMILES string of the molecule is CC(C)n1ncnc1CC(N)C1(c2ccccc2)CCC1. The summed E-state index contributed by atoms with van der Waals surface area (Å²) in [5.74, 6) is 1.000. The van der Waals surface area contributed by atoms with Crippen molar-refractivity contribution in [3.8, 4) is 0 Å². The van der Waals surface area contributed by atoms with E-state index in [0.717, 1.165) is 12.2 Å². The zero-order valence-corrected chi connectivity index (χ0v) is 12.9. The average molecular weight is 284 g/mol. The number of nitrogens with zero attached hydrogens (tertiary/aromatic N) is 3. The fourth-order valence-corrected chi connectivity index (χ4v) is 3.44. The molecule has 4 nitrogen and oxygen atoms in total. The molecule has 1 fully saturated rings. The van der Waals surface area contributed by atoms with Gasteiger partial charge in [0.1, 0.15) is 12.2 Å². The molecule has 0 bridgehead atoms. The summed E-state index contributed by atoms with van der Waals surface area (Å²) in [6.45, 7) is 4.25. The van der Waals surface area contributed by atoms with Gasteiger partial charge in [-0.2, -0.15) is 5.10 Å². The predicted octanol–water partition coefficient (Wildman–Crippen LogP) is 2.85. The Hall–Kier alpha value is -1.68. The van der Waals surface area contributed by atoms with Gasteiger partial charge in [0.15, 0.2) is 0 Å². The van der Waals surface area contributed by atoms with Gasteiger partial charge in [-0.05, 0) is 32.3 Å². The second kappa shape index (κ2) is 5.60. The van der Waals surface area contributed by atoms with Crippen LogP contribution >= 0.6 is 0 Å². The molecule has 0 saturated heterocycles. The van der Waals surface area contributed by atoms with Crippen LogP contribution in [0.1, 0.15) is 50.5 Å². The molecule has 1 aliphatic carbocycles. The fourth-order valence-electron chi connectivity index (χ4n) is 3.44. The maximum atomic E-state index is 6.63. The van der Waals surface area contributed by atoms with Gasteiger partial charge < -0.3 is 5.73 Å². The summed E-state index contributed by atoms with van der Waals surface area (Å²) in [6, 6.07) is 11.1. The Bertz CT molecular complexity index is 584. The Balaban J connectivity index is 1.83. The van der Waals surface area contributed by atoms with Crippen LogP contribution in [0.25, 0.3) is 0 Å². The zero-order chi connectivity index (χ0) is 14.9. The topological polar surface area (TPSA) is 56.7 Å². The normalized spacial score (nSPS) is 18.5. The number of benzene rings is 1. The van der Waals surface area contributed by atoms with E-state index in [0.29, 0.717) is 6.04 Å². The molecule has 0 aliphatic heterocycles. The summed E-state index contributed by atoms with van der Waals surface area (Å²) in [5, 5.41) is 4.32. The minimum atomic E-state index is 0.0929. The van der Waals surface area contributed by atoms with Crippen LogP contribution in [-0.4, -0.2) is 20.8 Å². The molecule has 2 aromatic rings. The molecule has 0 spiro atoms. The predicted molar refractivity (Wildman–Crippen MR) is 84.1 cm³/mol. The van der Waals surface area contributed by atoms with Crippen LogP contribution in [0.5, 0.6) is 0 Å². The highest BCUT2D eigenvalue weighted by Gasteiger charge is 2.44. The molecule has 1 atom stereocenters. The van der Waals surface area contributed by atoms with E-state index in [2.05, 4.69) is 54.3 Å². The standard InChI is InChI=1S/C17H24N4/c1-13(2)21-16(19-12-20-21)11-15(18)17(9-6-10-17)14-7-4-3-5-8-14/h3-5,7-8,12-13,15H,6,9-11,18H2,1-2H3. The van der Waals surface area contributed by atoms with Crippen LogP contribution in [0, 0.1) is 0 Å². The van der Waals surface area contributed by atoms with Gasteiger partial charge in [0.25, 0.3) is 0 Å². The summed E-state index contributed by atoms with van der Waals surface area (Å²) in [7, 11) is 0. The Morgan fingerprint density at radius 3 is 2.52 bits per heavy atom. The minimum absolute atomic E-state index is 0.0929. The first-order valence-electron chi connectivity index (χ1n) is 7.83. The van der Waals surface area contributed by atoms with Gasteiger partial charge in [-0.25, -0.2) is 9.67 Å². The molecule has 2 N–H and O–H groups in total. The van der Waals surface area contributed by atoms with E-state index in [1.807, 2.05) is 4.68 Å². The van der Waals surface area contributed by atoms with Gasteiger partial charge in [0.2, 0.25) is 0 Å². The van der Waals surface area contributed by atoms with Crippen LogP contribution in [0.3, 0.4) is 0 Å². The van der Waals surface area contributed by atoms with Crippen LogP contribution in [0.4, 0.5) is 0 Å². The third kappa shape index (κ3) is 2.48. The molecule has 1 aromatic heterocycles. The highest BCUT2D eigenvalue weighted by molar-refractivity contribution is 5.30. The van der Waals surface area contributed by atoms with Crippen LogP contribution < -0.4 is 5.73 Å². The number of aromatic nitrogens is 3. The molecule has 1 saturated carbocycles. The summed E-state index contributed by atoms with van der Waals surface area (Å²) in [6.07, 6.45) is 6.03. The smallest absolute Gasteiger partial charge is 0.138 e. The zero-order valence-electron chi connectivity index (χ0n) is 12.9. The minimum Gasteiger partial charge on any atom is -0.326 e. The van der Waals surface area contributed by atoms with Crippen molar-refractivity contribution in [1.29, 1.82) is 0 Å². The number of nitrogens with two attached hydrogens (primary N) is 1. The lowest BCUT2D eigenvalue weighted by molar-refractivity contribution is 0.191. The molecule has 0 amide bonds. The maximum Gasteiger partial charge on any atom is 0.138 e. The lowest BCUT2D eigenvalue weighted by atomic mass is 9.59. The molecule has 21 heavy (non-hydrogen) atoms. The van der Waals surface area contributed by atoms with E-state index >= 15 is 0 Å². The molecule has 1 unspecified atom stereocenters. The van der Waals surface area contributed by atoms with Crippen molar-refractivity contribution in [2.45, 2.75) is 57.0 Å². The van der Waals surface area contributed by atoms with Crippen molar-refractivity contribution in [3.05, 3.63) is 48.0 Å². The highest BCUT2D eigenvalue weighted by atomic mass is 15.3. The summed E-state index contributed by atoms with van der Waals surface area (Å²) >= 11 is 0. The highest BCUT2D eigenvalue weighted by Crippen LogP contribution is 2.46. The summed E-state index contributed by atoms with van der Waals surface area (Å²) in [4.78, 5) is 4.41. The molecule has 4 heteroatoms. The van der Waals surface area contributed by atoms with Crippen molar-refractivity contribution in [2.24, 2.45) is 5.73 Å². The Labute approximate surface area is 126 Å². The first-order valence-corrected chi connectivity index (χ1v) is 7.83. The van der Waals surface area contributed by atoms with E-state index in [1.54, 1.807) is 6.33 Å². The summed E-state index contributed by atoms with van der Waals surface area (Å²) < 4.78 is 1.98. The third-order valence-corrected chi connectivity index (χ3v) is 4.84. The summed E-state index contributed by atoms with van der Waals surface area (Å²) in [5.41, 5.74) is 8.12. The van der Waals surface area contributed by atoms with E-state index in [4.69, 9.17) is 5.73 Å². The molecular formula is C17H24N4. The maximum absolute atomic E-state index is 6.63. The van der Waals surface area contributed by atoms with Crippen molar-refractivity contribution >= 4 is 0 Å².